The highest BCUT2D eigenvalue weighted by Gasteiger charge is 2.06. The molecular formula is C10H22N2O. The summed E-state index contributed by atoms with van der Waals surface area (Å²) in [5.74, 6) is 0. The zero-order chi connectivity index (χ0) is 10.1. The molecule has 3 heteroatoms. The van der Waals surface area contributed by atoms with Crippen molar-refractivity contribution in [3.05, 3.63) is 0 Å². The van der Waals surface area contributed by atoms with E-state index in [-0.39, 0.29) is 6.03 Å². The molecule has 0 heterocycles. The monoisotopic (exact) mass is 186 g/mol. The van der Waals surface area contributed by atoms with Gasteiger partial charge in [0.2, 0.25) is 0 Å². The second kappa shape index (κ2) is 7.90. The molecule has 0 aromatic carbocycles. The van der Waals surface area contributed by atoms with Crippen molar-refractivity contribution in [2.75, 3.05) is 13.1 Å². The number of hydrogen-bond acceptors (Lipinski definition) is 1. The summed E-state index contributed by atoms with van der Waals surface area (Å²) >= 11 is 0. The van der Waals surface area contributed by atoms with Crippen LogP contribution in [-0.4, -0.2) is 24.0 Å². The predicted molar refractivity (Wildman–Crippen MR) is 55.6 cm³/mol. The summed E-state index contributed by atoms with van der Waals surface area (Å²) in [7, 11) is 0. The van der Waals surface area contributed by atoms with Gasteiger partial charge in [0.25, 0.3) is 0 Å². The number of carbonyl (C=O) groups is 1. The Hall–Kier alpha value is -0.730. The minimum Gasteiger partial charge on any atom is -0.351 e. The molecule has 13 heavy (non-hydrogen) atoms. The third-order valence-corrected chi connectivity index (χ3v) is 2.12. The molecule has 0 rings (SSSR count). The van der Waals surface area contributed by atoms with Gasteiger partial charge in [-0.25, -0.2) is 4.79 Å². The van der Waals surface area contributed by atoms with E-state index < -0.39 is 0 Å². The number of hydrogen-bond donors (Lipinski definition) is 1. The molecule has 0 aromatic heterocycles. The van der Waals surface area contributed by atoms with Crippen molar-refractivity contribution in [1.29, 1.82) is 0 Å². The zero-order valence-corrected chi connectivity index (χ0v) is 8.88. The number of primary amides is 1. The molecule has 2 amide bonds. The van der Waals surface area contributed by atoms with Gasteiger partial charge in [-0.05, 0) is 12.8 Å². The Balaban J connectivity index is 3.61. The fraction of sp³-hybridized carbons (Fsp3) is 0.900. The van der Waals surface area contributed by atoms with Crippen LogP contribution in [0.4, 0.5) is 4.79 Å². The van der Waals surface area contributed by atoms with E-state index in [0.717, 1.165) is 32.4 Å². The molecule has 0 unspecified atom stereocenters. The van der Waals surface area contributed by atoms with E-state index in [0.29, 0.717) is 0 Å². The Morgan fingerprint density at radius 2 is 1.62 bits per heavy atom. The van der Waals surface area contributed by atoms with Crippen molar-refractivity contribution in [2.24, 2.45) is 5.73 Å². The number of amides is 2. The van der Waals surface area contributed by atoms with Gasteiger partial charge in [0.1, 0.15) is 0 Å². The van der Waals surface area contributed by atoms with Crippen LogP contribution in [0.15, 0.2) is 0 Å². The van der Waals surface area contributed by atoms with Crippen LogP contribution in [0.5, 0.6) is 0 Å². The average molecular weight is 186 g/mol. The average Bonchev–Trinajstić information content (AvgIpc) is 2.10. The predicted octanol–water partition coefficient (Wildman–Crippen LogP) is 2.36. The third kappa shape index (κ3) is 6.43. The van der Waals surface area contributed by atoms with E-state index in [1.807, 2.05) is 0 Å². The largest absolute Gasteiger partial charge is 0.351 e. The summed E-state index contributed by atoms with van der Waals surface area (Å²) in [5, 5.41) is 0. The van der Waals surface area contributed by atoms with Gasteiger partial charge < -0.3 is 10.6 Å². The molecule has 78 valence electrons. The number of rotatable bonds is 7. The van der Waals surface area contributed by atoms with E-state index in [4.69, 9.17) is 5.73 Å². The highest BCUT2D eigenvalue weighted by molar-refractivity contribution is 5.71. The highest BCUT2D eigenvalue weighted by atomic mass is 16.2. The third-order valence-electron chi connectivity index (χ3n) is 2.12. The van der Waals surface area contributed by atoms with Crippen molar-refractivity contribution in [3.63, 3.8) is 0 Å². The van der Waals surface area contributed by atoms with Crippen LogP contribution in [-0.2, 0) is 0 Å². The first-order valence-electron chi connectivity index (χ1n) is 5.26. The molecular weight excluding hydrogens is 164 g/mol. The molecule has 0 saturated heterocycles. The Labute approximate surface area is 81.3 Å². The summed E-state index contributed by atoms with van der Waals surface area (Å²) in [6.45, 7) is 5.91. The molecule has 3 nitrogen and oxygen atoms in total. The maximum atomic E-state index is 10.9. The van der Waals surface area contributed by atoms with Gasteiger partial charge in [-0.2, -0.15) is 0 Å². The molecule has 2 N–H and O–H groups in total. The van der Waals surface area contributed by atoms with E-state index in [2.05, 4.69) is 13.8 Å². The van der Waals surface area contributed by atoms with Gasteiger partial charge in [-0.1, -0.05) is 33.1 Å². The van der Waals surface area contributed by atoms with Crippen LogP contribution in [0.25, 0.3) is 0 Å². The molecule has 0 aliphatic carbocycles. The van der Waals surface area contributed by atoms with Crippen molar-refractivity contribution in [2.45, 2.75) is 46.0 Å². The molecule has 0 spiro atoms. The summed E-state index contributed by atoms with van der Waals surface area (Å²) in [5.41, 5.74) is 5.25. The number of carbonyl (C=O) groups excluding carboxylic acids is 1. The highest BCUT2D eigenvalue weighted by Crippen LogP contribution is 2.00. The van der Waals surface area contributed by atoms with Crippen LogP contribution in [0.2, 0.25) is 0 Å². The van der Waals surface area contributed by atoms with Gasteiger partial charge in [-0.15, -0.1) is 0 Å². The molecule has 0 bridgehead atoms. The quantitative estimate of drug-likeness (QED) is 0.609. The number of urea groups is 1. The first-order valence-corrected chi connectivity index (χ1v) is 5.26. The maximum absolute atomic E-state index is 10.9. The second-order valence-electron chi connectivity index (χ2n) is 3.39. The molecule has 0 aliphatic rings. The standard InChI is InChI=1S/C10H22N2O/c1-3-5-7-9-12(10(11)13)8-6-4-2/h3-9H2,1-2H3,(H2,11,13). The van der Waals surface area contributed by atoms with Crippen molar-refractivity contribution in [3.8, 4) is 0 Å². The van der Waals surface area contributed by atoms with Gasteiger partial charge in [0.05, 0.1) is 0 Å². The van der Waals surface area contributed by atoms with Crippen LogP contribution in [0, 0.1) is 0 Å². The molecule has 0 aromatic rings. The fourth-order valence-corrected chi connectivity index (χ4v) is 1.23. The molecule has 0 aliphatic heterocycles. The van der Waals surface area contributed by atoms with E-state index in [9.17, 15) is 4.79 Å². The molecule has 0 radical (unpaired) electrons. The van der Waals surface area contributed by atoms with Gasteiger partial charge in [0, 0.05) is 13.1 Å². The topological polar surface area (TPSA) is 46.3 Å². The lowest BCUT2D eigenvalue weighted by molar-refractivity contribution is 0.205. The zero-order valence-electron chi connectivity index (χ0n) is 8.88. The fourth-order valence-electron chi connectivity index (χ4n) is 1.23. The first-order chi connectivity index (χ1) is 6.22. The lowest BCUT2D eigenvalue weighted by Crippen LogP contribution is -2.37. The van der Waals surface area contributed by atoms with Crippen molar-refractivity contribution >= 4 is 6.03 Å². The second-order valence-corrected chi connectivity index (χ2v) is 3.39. The summed E-state index contributed by atoms with van der Waals surface area (Å²) in [6.07, 6.45) is 5.59. The van der Waals surface area contributed by atoms with Crippen molar-refractivity contribution in [1.82, 2.24) is 4.90 Å². The Morgan fingerprint density at radius 1 is 1.08 bits per heavy atom. The molecule has 0 fully saturated rings. The van der Waals surface area contributed by atoms with Crippen LogP contribution in [0.1, 0.15) is 46.0 Å². The summed E-state index contributed by atoms with van der Waals surface area (Å²) in [4.78, 5) is 12.7. The summed E-state index contributed by atoms with van der Waals surface area (Å²) < 4.78 is 0. The SMILES string of the molecule is CCCCCN(CCCC)C(N)=O. The first kappa shape index (κ1) is 12.3. The number of nitrogens with zero attached hydrogens (tertiary/aromatic N) is 1. The lowest BCUT2D eigenvalue weighted by atomic mass is 10.2. The lowest BCUT2D eigenvalue weighted by Gasteiger charge is -2.19. The van der Waals surface area contributed by atoms with Crippen molar-refractivity contribution < 1.29 is 4.79 Å². The number of unbranched alkanes of at least 4 members (excludes halogenated alkanes) is 3. The maximum Gasteiger partial charge on any atom is 0.314 e. The molecule has 0 saturated carbocycles. The molecule has 0 atom stereocenters. The van der Waals surface area contributed by atoms with Crippen LogP contribution >= 0.6 is 0 Å². The van der Waals surface area contributed by atoms with E-state index >= 15 is 0 Å². The smallest absolute Gasteiger partial charge is 0.314 e. The Kier molecular flexibility index (Phi) is 7.45. The van der Waals surface area contributed by atoms with E-state index in [1.165, 1.54) is 12.8 Å². The van der Waals surface area contributed by atoms with Crippen LogP contribution in [0.3, 0.4) is 0 Å². The van der Waals surface area contributed by atoms with E-state index in [1.54, 1.807) is 4.90 Å². The van der Waals surface area contributed by atoms with Gasteiger partial charge >= 0.3 is 6.03 Å². The Morgan fingerprint density at radius 3 is 2.08 bits per heavy atom. The minimum atomic E-state index is -0.274. The van der Waals surface area contributed by atoms with Crippen LogP contribution < -0.4 is 5.73 Å². The number of nitrogens with two attached hydrogens (primary N) is 1. The minimum absolute atomic E-state index is 0.274. The Bertz CT molecular complexity index is 137. The van der Waals surface area contributed by atoms with Gasteiger partial charge in [-0.3, -0.25) is 0 Å². The summed E-state index contributed by atoms with van der Waals surface area (Å²) in [6, 6.07) is -0.274. The van der Waals surface area contributed by atoms with Gasteiger partial charge in [0.15, 0.2) is 0 Å². The normalized spacial score (nSPS) is 10.0.